The van der Waals surface area contributed by atoms with Crippen LogP contribution in [0.4, 0.5) is 4.79 Å². The molecule has 0 spiro atoms. The molecule has 1 N–H and O–H groups in total. The van der Waals surface area contributed by atoms with Crippen molar-refractivity contribution in [3.63, 3.8) is 0 Å². The highest BCUT2D eigenvalue weighted by Gasteiger charge is 2.61. The molecule has 0 bridgehead atoms. The Morgan fingerprint density at radius 2 is 1.82 bits per heavy atom. The van der Waals surface area contributed by atoms with Gasteiger partial charge in [-0.25, -0.2) is 13.2 Å². The third-order valence-corrected chi connectivity index (χ3v) is 9.55. The second-order valence-electron chi connectivity index (χ2n) is 10.3. The van der Waals surface area contributed by atoms with Gasteiger partial charge in [-0.3, -0.25) is 19.6 Å². The number of rotatable bonds is 3. The van der Waals surface area contributed by atoms with Crippen molar-refractivity contribution in [3.05, 3.63) is 87.2 Å². The number of benzene rings is 2. The first kappa shape index (κ1) is 25.2. The molecule has 3 amide bonds. The van der Waals surface area contributed by atoms with Gasteiger partial charge in [0, 0.05) is 33.5 Å². The van der Waals surface area contributed by atoms with Crippen LogP contribution in [-0.2, 0) is 14.6 Å². The van der Waals surface area contributed by atoms with Crippen LogP contribution >= 0.6 is 23.2 Å². The predicted octanol–water partition coefficient (Wildman–Crippen LogP) is 4.47. The first-order valence-electron chi connectivity index (χ1n) is 12.1. The van der Waals surface area contributed by atoms with Crippen LogP contribution in [0.1, 0.15) is 31.0 Å². The van der Waals surface area contributed by atoms with Crippen molar-refractivity contribution in [3.8, 4) is 0 Å². The van der Waals surface area contributed by atoms with Crippen LogP contribution in [0.2, 0.25) is 5.02 Å². The number of allylic oxidation sites excluding steroid dienone is 1. The van der Waals surface area contributed by atoms with Gasteiger partial charge in [-0.1, -0.05) is 60.5 Å². The Labute approximate surface area is 230 Å². The molecule has 196 valence electrons. The Kier molecular flexibility index (Phi) is 5.58. The molecule has 38 heavy (non-hydrogen) atoms. The van der Waals surface area contributed by atoms with Crippen molar-refractivity contribution in [2.45, 2.75) is 30.8 Å². The number of amides is 3. The fourth-order valence-electron chi connectivity index (χ4n) is 6.00. The summed E-state index contributed by atoms with van der Waals surface area (Å²) in [6, 6.07) is 12.2. The van der Waals surface area contributed by atoms with Gasteiger partial charge in [-0.05, 0) is 36.8 Å². The normalized spacial score (nSPS) is 28.5. The molecule has 0 radical (unpaired) electrons. The van der Waals surface area contributed by atoms with E-state index in [2.05, 4.69) is 5.32 Å². The zero-order valence-electron chi connectivity index (χ0n) is 20.8. The highest BCUT2D eigenvalue weighted by molar-refractivity contribution is 7.90. The van der Waals surface area contributed by atoms with Crippen LogP contribution in [0.3, 0.4) is 0 Å². The molecule has 1 fully saturated rings. The summed E-state index contributed by atoms with van der Waals surface area (Å²) in [4.78, 5) is 35.3. The van der Waals surface area contributed by atoms with Gasteiger partial charge in [-0.2, -0.15) is 0 Å². The minimum absolute atomic E-state index is 0.120. The highest BCUT2D eigenvalue weighted by Crippen LogP contribution is 2.56. The van der Waals surface area contributed by atoms with Crippen LogP contribution in [0.25, 0.3) is 0 Å². The standard InChI is InChI=1S/C27H24Cl2N4O4S/c1-14-19(29)12-27(2)23-21(14)30-20(34)13-32(23)26(35)33-24(27)22(15-7-9-18(10-8-15)38(3,36)37)31-25(33)16-5-4-6-17(28)11-16/h4-12,14,22,24H,13H2,1-3H3,(H,30,34). The number of amidine groups is 1. The van der Waals surface area contributed by atoms with Gasteiger partial charge in [0.2, 0.25) is 5.91 Å². The molecule has 4 aliphatic rings. The summed E-state index contributed by atoms with van der Waals surface area (Å²) in [5.74, 6) is -0.145. The Morgan fingerprint density at radius 3 is 2.47 bits per heavy atom. The molecular formula is C27H24Cl2N4O4S. The molecule has 4 atom stereocenters. The number of urea groups is 1. The topological polar surface area (TPSA) is 99.2 Å². The second kappa shape index (κ2) is 8.43. The fourth-order valence-corrected chi connectivity index (χ4v) is 7.16. The molecule has 1 aliphatic carbocycles. The summed E-state index contributed by atoms with van der Waals surface area (Å²) in [5, 5.41) is 4.02. The molecule has 2 aromatic carbocycles. The van der Waals surface area contributed by atoms with Crippen molar-refractivity contribution >= 4 is 50.8 Å². The molecule has 11 heteroatoms. The smallest absolute Gasteiger partial charge is 0.326 e. The number of nitrogens with zero attached hydrogens (tertiary/aromatic N) is 3. The Morgan fingerprint density at radius 1 is 1.11 bits per heavy atom. The Hall–Kier alpha value is -3.14. The molecule has 3 heterocycles. The number of aliphatic imine (C=N–C) groups is 1. The highest BCUT2D eigenvalue weighted by atomic mass is 35.5. The number of hydrogen-bond donors (Lipinski definition) is 1. The average molecular weight is 571 g/mol. The number of carbonyl (C=O) groups is 2. The van der Waals surface area contributed by atoms with Crippen LogP contribution in [0.15, 0.2) is 80.9 Å². The molecule has 0 saturated carbocycles. The van der Waals surface area contributed by atoms with E-state index < -0.39 is 27.3 Å². The molecule has 6 rings (SSSR count). The molecule has 1 saturated heterocycles. The maximum atomic E-state index is 14.2. The van der Waals surface area contributed by atoms with Crippen molar-refractivity contribution in [2.75, 3.05) is 12.8 Å². The quantitative estimate of drug-likeness (QED) is 0.588. The average Bonchev–Trinajstić information content (AvgIpc) is 3.27. The number of hydrogen-bond acceptors (Lipinski definition) is 5. The van der Waals surface area contributed by atoms with Crippen LogP contribution in [-0.4, -0.2) is 54.8 Å². The van der Waals surface area contributed by atoms with Gasteiger partial charge in [0.1, 0.15) is 12.4 Å². The first-order chi connectivity index (χ1) is 17.9. The summed E-state index contributed by atoms with van der Waals surface area (Å²) < 4.78 is 24.2. The number of sulfone groups is 1. The van der Waals surface area contributed by atoms with E-state index in [4.69, 9.17) is 28.2 Å². The largest absolute Gasteiger partial charge is 0.330 e. The van der Waals surface area contributed by atoms with E-state index in [0.717, 1.165) is 11.8 Å². The zero-order valence-corrected chi connectivity index (χ0v) is 23.1. The van der Waals surface area contributed by atoms with Gasteiger partial charge < -0.3 is 5.32 Å². The summed E-state index contributed by atoms with van der Waals surface area (Å²) >= 11 is 13.1. The van der Waals surface area contributed by atoms with Gasteiger partial charge in [-0.15, -0.1) is 0 Å². The van der Waals surface area contributed by atoms with E-state index in [-0.39, 0.29) is 29.3 Å². The lowest BCUT2D eigenvalue weighted by atomic mass is 9.67. The van der Waals surface area contributed by atoms with E-state index in [0.29, 0.717) is 32.8 Å². The second-order valence-corrected chi connectivity index (χ2v) is 13.2. The van der Waals surface area contributed by atoms with Crippen LogP contribution in [0, 0.1) is 11.3 Å². The van der Waals surface area contributed by atoms with E-state index in [1.54, 1.807) is 47.4 Å². The maximum absolute atomic E-state index is 14.2. The molecular weight excluding hydrogens is 547 g/mol. The third kappa shape index (κ3) is 3.63. The van der Waals surface area contributed by atoms with Crippen molar-refractivity contribution in [1.29, 1.82) is 0 Å². The summed E-state index contributed by atoms with van der Waals surface area (Å²) in [6.07, 6.45) is 3.12. The summed E-state index contributed by atoms with van der Waals surface area (Å²) in [6.45, 7) is 3.77. The Bertz CT molecular complexity index is 1620. The predicted molar refractivity (Wildman–Crippen MR) is 144 cm³/mol. The van der Waals surface area contributed by atoms with Crippen LogP contribution in [0.5, 0.6) is 0 Å². The molecule has 3 aliphatic heterocycles. The minimum Gasteiger partial charge on any atom is -0.326 e. The third-order valence-electron chi connectivity index (χ3n) is 7.75. The molecule has 8 nitrogen and oxygen atoms in total. The van der Waals surface area contributed by atoms with Gasteiger partial charge in [0.25, 0.3) is 0 Å². The van der Waals surface area contributed by atoms with Gasteiger partial charge in [0.15, 0.2) is 9.84 Å². The van der Waals surface area contributed by atoms with Crippen molar-refractivity contribution < 1.29 is 18.0 Å². The van der Waals surface area contributed by atoms with Crippen molar-refractivity contribution in [1.82, 2.24) is 15.1 Å². The lowest BCUT2D eigenvalue weighted by molar-refractivity contribution is -0.122. The molecule has 0 aromatic heterocycles. The number of fused-ring (bicyclic) bond motifs is 2. The van der Waals surface area contributed by atoms with Gasteiger partial charge >= 0.3 is 6.03 Å². The summed E-state index contributed by atoms with van der Waals surface area (Å²) in [7, 11) is -3.39. The van der Waals surface area contributed by atoms with Gasteiger partial charge in [0.05, 0.1) is 28.1 Å². The van der Waals surface area contributed by atoms with E-state index in [1.165, 1.54) is 4.90 Å². The minimum atomic E-state index is -3.39. The summed E-state index contributed by atoms with van der Waals surface area (Å²) in [5.41, 5.74) is 1.91. The SMILES string of the molecule is CC1C(Cl)=CC2(C)C3=C1NC(=O)CN3C(=O)N1C(c3cccc(Cl)c3)=NC(c3ccc(S(C)(=O)=O)cc3)C12. The maximum Gasteiger partial charge on any atom is 0.330 e. The van der Waals surface area contributed by atoms with E-state index in [1.807, 2.05) is 26.0 Å². The number of carbonyl (C=O) groups excluding carboxylic acids is 2. The van der Waals surface area contributed by atoms with E-state index in [9.17, 15) is 18.0 Å². The van der Waals surface area contributed by atoms with E-state index >= 15 is 0 Å². The molecule has 4 unspecified atom stereocenters. The number of halogens is 2. The lowest BCUT2D eigenvalue weighted by Crippen LogP contribution is -2.66. The number of nitrogens with one attached hydrogen (secondary N) is 1. The lowest BCUT2D eigenvalue weighted by Gasteiger charge is -2.55. The zero-order chi connectivity index (χ0) is 27.1. The van der Waals surface area contributed by atoms with Crippen LogP contribution < -0.4 is 5.32 Å². The monoisotopic (exact) mass is 570 g/mol. The first-order valence-corrected chi connectivity index (χ1v) is 14.7. The fraction of sp³-hybridized carbons (Fsp3) is 0.296. The Balaban J connectivity index is 1.59. The molecule has 2 aromatic rings. The van der Waals surface area contributed by atoms with Crippen molar-refractivity contribution in [2.24, 2.45) is 16.3 Å².